The molecule has 3 rings (SSSR count). The number of ether oxygens (including phenoxy) is 2. The van der Waals surface area contributed by atoms with Crippen LogP contribution in [0.15, 0.2) is 39.5 Å². The van der Waals surface area contributed by atoms with Crippen LogP contribution in [0, 0.1) is 0 Å². The van der Waals surface area contributed by atoms with E-state index in [0.717, 1.165) is 6.42 Å². The third-order valence-electron chi connectivity index (χ3n) is 6.25. The Morgan fingerprint density at radius 3 is 2.13 bits per heavy atom. The monoisotopic (exact) mass is 526 g/mol. The molecule has 2 unspecified atom stereocenters. The number of phenols is 1. The Kier molecular flexibility index (Phi) is 9.52. The smallest absolute Gasteiger partial charge is 0.313 e. The van der Waals surface area contributed by atoms with Crippen molar-refractivity contribution < 1.29 is 38.8 Å². The minimum atomic E-state index is -1.11. The van der Waals surface area contributed by atoms with Crippen LogP contribution < -0.4 is 14.9 Å². The number of aliphatic hydroxyl groups excluding tert-OH is 1. The standard InChI is InChI=1S/C29H34O9/c1-5-7-21-24(11-9-19(17(4)30)27(21)33)36-14-18(31)15-37-25-12-10-20-23(32)13-26(16(3)29(34)35)38-28(20)22(25)8-6-2/h9-13,16,18,31,33H,5-8,14-15H2,1-4H3,(H,34,35). The number of aromatic hydroxyl groups is 1. The summed E-state index contributed by atoms with van der Waals surface area (Å²) in [6, 6.07) is 7.50. The van der Waals surface area contributed by atoms with Crippen LogP contribution in [-0.4, -0.2) is 46.4 Å². The number of hydrogen-bond acceptors (Lipinski definition) is 8. The lowest BCUT2D eigenvalue weighted by Gasteiger charge is -2.19. The zero-order valence-electron chi connectivity index (χ0n) is 22.1. The number of Topliss-reactive ketones (excluding diaryl/α,β-unsaturated/α-hetero) is 1. The maximum atomic E-state index is 12.6. The third kappa shape index (κ3) is 6.34. The normalized spacial score (nSPS) is 12.8. The zero-order valence-corrected chi connectivity index (χ0v) is 22.1. The molecular formula is C29H34O9. The first kappa shape index (κ1) is 28.7. The number of fused-ring (bicyclic) bond motifs is 1. The molecule has 1 aromatic heterocycles. The van der Waals surface area contributed by atoms with Gasteiger partial charge >= 0.3 is 5.97 Å². The molecule has 2 aromatic carbocycles. The van der Waals surface area contributed by atoms with E-state index in [-0.39, 0.29) is 47.1 Å². The second-order valence-electron chi connectivity index (χ2n) is 9.26. The van der Waals surface area contributed by atoms with E-state index in [1.54, 1.807) is 18.2 Å². The fourth-order valence-corrected chi connectivity index (χ4v) is 4.18. The first-order chi connectivity index (χ1) is 18.1. The lowest BCUT2D eigenvalue weighted by molar-refractivity contribution is -0.138. The van der Waals surface area contributed by atoms with E-state index in [1.165, 1.54) is 26.0 Å². The maximum Gasteiger partial charge on any atom is 0.313 e. The van der Waals surface area contributed by atoms with Crippen LogP contribution in [0.3, 0.4) is 0 Å². The Bertz CT molecular complexity index is 1370. The number of carboxylic acids is 1. The summed E-state index contributed by atoms with van der Waals surface area (Å²) in [6.07, 6.45) is 1.41. The molecule has 38 heavy (non-hydrogen) atoms. The molecule has 3 N–H and O–H groups in total. The van der Waals surface area contributed by atoms with Crippen LogP contribution in [0.2, 0.25) is 0 Å². The number of ketones is 1. The minimum Gasteiger partial charge on any atom is -0.507 e. The molecule has 0 aliphatic carbocycles. The summed E-state index contributed by atoms with van der Waals surface area (Å²) < 4.78 is 17.5. The predicted molar refractivity (Wildman–Crippen MR) is 142 cm³/mol. The lowest BCUT2D eigenvalue weighted by Crippen LogP contribution is -2.25. The Morgan fingerprint density at radius 2 is 1.55 bits per heavy atom. The van der Waals surface area contributed by atoms with Crippen LogP contribution in [0.5, 0.6) is 17.2 Å². The van der Waals surface area contributed by atoms with Gasteiger partial charge in [0.2, 0.25) is 0 Å². The predicted octanol–water partition coefficient (Wildman–Crippen LogP) is 4.61. The van der Waals surface area contributed by atoms with Crippen molar-refractivity contribution in [2.45, 2.75) is 65.4 Å². The Hall–Kier alpha value is -3.85. The molecule has 0 radical (unpaired) electrons. The van der Waals surface area contributed by atoms with E-state index in [0.29, 0.717) is 47.3 Å². The zero-order chi connectivity index (χ0) is 28.0. The molecule has 0 fully saturated rings. The molecule has 0 spiro atoms. The number of rotatable bonds is 13. The van der Waals surface area contributed by atoms with Gasteiger partial charge in [-0.05, 0) is 51.0 Å². The largest absolute Gasteiger partial charge is 0.507 e. The molecule has 0 amide bonds. The van der Waals surface area contributed by atoms with E-state index in [1.807, 2.05) is 13.8 Å². The molecule has 2 atom stereocenters. The van der Waals surface area contributed by atoms with Crippen LogP contribution in [-0.2, 0) is 17.6 Å². The first-order valence-electron chi connectivity index (χ1n) is 12.7. The van der Waals surface area contributed by atoms with Crippen molar-refractivity contribution in [3.63, 3.8) is 0 Å². The molecule has 0 aliphatic rings. The van der Waals surface area contributed by atoms with E-state index in [2.05, 4.69) is 0 Å². The highest BCUT2D eigenvalue weighted by molar-refractivity contribution is 5.97. The van der Waals surface area contributed by atoms with E-state index in [9.17, 15) is 29.7 Å². The van der Waals surface area contributed by atoms with E-state index in [4.69, 9.17) is 13.9 Å². The fourth-order valence-electron chi connectivity index (χ4n) is 4.18. The quantitative estimate of drug-likeness (QED) is 0.272. The fraction of sp³-hybridized carbons (Fsp3) is 0.414. The van der Waals surface area contributed by atoms with Gasteiger partial charge in [-0.1, -0.05) is 26.7 Å². The third-order valence-corrected chi connectivity index (χ3v) is 6.25. The van der Waals surface area contributed by atoms with Crippen molar-refractivity contribution in [1.82, 2.24) is 0 Å². The van der Waals surface area contributed by atoms with Crippen molar-refractivity contribution >= 4 is 22.7 Å². The van der Waals surface area contributed by atoms with Gasteiger partial charge in [0.15, 0.2) is 11.2 Å². The van der Waals surface area contributed by atoms with Crippen molar-refractivity contribution in [2.75, 3.05) is 13.2 Å². The van der Waals surface area contributed by atoms with E-state index < -0.39 is 18.0 Å². The summed E-state index contributed by atoms with van der Waals surface area (Å²) in [7, 11) is 0. The van der Waals surface area contributed by atoms with Gasteiger partial charge in [0.25, 0.3) is 0 Å². The van der Waals surface area contributed by atoms with Gasteiger partial charge in [0.05, 0.1) is 10.9 Å². The van der Waals surface area contributed by atoms with Crippen LogP contribution in [0.1, 0.15) is 73.7 Å². The summed E-state index contributed by atoms with van der Waals surface area (Å²) in [5.74, 6) is -1.61. The SMILES string of the molecule is CCCc1c(OCC(O)COc2ccc3c(=O)cc(C(C)C(=O)O)oc3c2CCC)ccc(C(C)=O)c1O. The summed E-state index contributed by atoms with van der Waals surface area (Å²) in [4.78, 5) is 35.9. The van der Waals surface area contributed by atoms with Crippen molar-refractivity contribution in [3.05, 3.63) is 63.0 Å². The summed E-state index contributed by atoms with van der Waals surface area (Å²) in [5.41, 5.74) is 1.28. The molecule has 9 heteroatoms. The van der Waals surface area contributed by atoms with Gasteiger partial charge in [-0.25, -0.2) is 0 Å². The highest BCUT2D eigenvalue weighted by Gasteiger charge is 2.22. The average molecular weight is 527 g/mol. The van der Waals surface area contributed by atoms with Gasteiger partial charge in [-0.15, -0.1) is 0 Å². The van der Waals surface area contributed by atoms with Gasteiger partial charge in [-0.3, -0.25) is 14.4 Å². The van der Waals surface area contributed by atoms with E-state index >= 15 is 0 Å². The molecule has 0 saturated carbocycles. The summed E-state index contributed by atoms with van der Waals surface area (Å²) in [5, 5.41) is 30.7. The molecule has 0 saturated heterocycles. The molecular weight excluding hydrogens is 492 g/mol. The maximum absolute atomic E-state index is 12.6. The highest BCUT2D eigenvalue weighted by atomic mass is 16.5. The van der Waals surface area contributed by atoms with Gasteiger partial charge in [0, 0.05) is 17.2 Å². The molecule has 0 bridgehead atoms. The second-order valence-corrected chi connectivity index (χ2v) is 9.26. The van der Waals surface area contributed by atoms with Crippen LogP contribution in [0.4, 0.5) is 0 Å². The number of aliphatic hydroxyl groups is 1. The van der Waals surface area contributed by atoms with Gasteiger partial charge in [-0.2, -0.15) is 0 Å². The molecule has 9 nitrogen and oxygen atoms in total. The number of benzene rings is 2. The second kappa shape index (κ2) is 12.6. The number of carbonyl (C=O) groups is 2. The van der Waals surface area contributed by atoms with Crippen molar-refractivity contribution in [3.8, 4) is 17.2 Å². The van der Waals surface area contributed by atoms with Crippen LogP contribution in [0.25, 0.3) is 11.0 Å². The Morgan fingerprint density at radius 1 is 0.974 bits per heavy atom. The van der Waals surface area contributed by atoms with Crippen LogP contribution >= 0.6 is 0 Å². The average Bonchev–Trinajstić information content (AvgIpc) is 2.87. The number of aliphatic carboxylic acids is 1. The minimum absolute atomic E-state index is 0.0554. The number of phenolic OH excluding ortho intramolecular Hbond substituents is 1. The molecule has 0 aliphatic heterocycles. The number of aryl methyl sites for hydroxylation is 1. The van der Waals surface area contributed by atoms with Crippen molar-refractivity contribution in [2.24, 2.45) is 0 Å². The topological polar surface area (TPSA) is 144 Å². The summed E-state index contributed by atoms with van der Waals surface area (Å²) in [6.45, 7) is 6.47. The Balaban J connectivity index is 1.80. The van der Waals surface area contributed by atoms with Crippen molar-refractivity contribution in [1.29, 1.82) is 0 Å². The Labute approximate surface area is 220 Å². The number of carbonyl (C=O) groups excluding carboxylic acids is 1. The number of carboxylic acid groups (broad SMARTS) is 1. The van der Waals surface area contributed by atoms with Gasteiger partial charge < -0.3 is 29.2 Å². The lowest BCUT2D eigenvalue weighted by atomic mass is 10.0. The molecule has 204 valence electrons. The molecule has 3 aromatic rings. The first-order valence-corrected chi connectivity index (χ1v) is 12.7. The molecule has 1 heterocycles. The summed E-state index contributed by atoms with van der Waals surface area (Å²) >= 11 is 0. The van der Waals surface area contributed by atoms with Gasteiger partial charge in [0.1, 0.15) is 53.8 Å². The number of hydrogen-bond donors (Lipinski definition) is 3. The highest BCUT2D eigenvalue weighted by Crippen LogP contribution is 2.33.